The second kappa shape index (κ2) is 6.68. The number of hydrogen-bond donors (Lipinski definition) is 0. The highest BCUT2D eigenvalue weighted by atomic mass is 16.2. The first kappa shape index (κ1) is 14.0. The van der Waals surface area contributed by atoms with E-state index in [1.165, 1.54) is 24.2 Å². The minimum atomic E-state index is -0.134. The van der Waals surface area contributed by atoms with Crippen LogP contribution in [-0.4, -0.2) is 47.2 Å². The zero-order valence-corrected chi connectivity index (χ0v) is 11.4. The number of nitrogens with zero attached hydrogens (tertiary/aromatic N) is 2. The van der Waals surface area contributed by atoms with Gasteiger partial charge in [0.15, 0.2) is 0 Å². The van der Waals surface area contributed by atoms with E-state index in [0.717, 1.165) is 25.9 Å². The van der Waals surface area contributed by atoms with E-state index < -0.39 is 0 Å². The van der Waals surface area contributed by atoms with Crippen LogP contribution in [0.2, 0.25) is 0 Å². The topological polar surface area (TPSA) is 57.7 Å². The maximum atomic E-state index is 12.1. The van der Waals surface area contributed by atoms with E-state index in [0.29, 0.717) is 12.8 Å². The third-order valence-electron chi connectivity index (χ3n) is 3.91. The minimum absolute atomic E-state index is 0.0781. The Kier molecular flexibility index (Phi) is 4.93. The highest BCUT2D eigenvalue weighted by molar-refractivity contribution is 6.02. The van der Waals surface area contributed by atoms with Gasteiger partial charge in [0.05, 0.1) is 0 Å². The lowest BCUT2D eigenvalue weighted by atomic mass is 10.1. The van der Waals surface area contributed by atoms with Gasteiger partial charge < -0.3 is 4.90 Å². The summed E-state index contributed by atoms with van der Waals surface area (Å²) in [6.45, 7) is 1.90. The summed E-state index contributed by atoms with van der Waals surface area (Å²) in [5.41, 5.74) is 0. The largest absolute Gasteiger partial charge is 0.343 e. The van der Waals surface area contributed by atoms with E-state index in [1.54, 1.807) is 0 Å². The van der Waals surface area contributed by atoms with Gasteiger partial charge in [0.2, 0.25) is 17.7 Å². The molecule has 0 aromatic heterocycles. The van der Waals surface area contributed by atoms with Crippen molar-refractivity contribution in [2.75, 3.05) is 19.6 Å². The molecular weight excluding hydrogens is 244 g/mol. The van der Waals surface area contributed by atoms with Crippen molar-refractivity contribution in [3.63, 3.8) is 0 Å². The molecule has 3 amide bonds. The van der Waals surface area contributed by atoms with E-state index in [1.807, 2.05) is 4.90 Å². The number of imide groups is 1. The molecular formula is C14H22N2O3. The quantitative estimate of drug-likeness (QED) is 0.724. The molecule has 2 aliphatic rings. The number of hydrogen-bond acceptors (Lipinski definition) is 3. The molecule has 2 fully saturated rings. The molecule has 2 saturated heterocycles. The van der Waals surface area contributed by atoms with Crippen LogP contribution in [-0.2, 0) is 14.4 Å². The molecule has 0 aromatic rings. The molecule has 0 atom stereocenters. The maximum Gasteiger partial charge on any atom is 0.229 e. The second-order valence-electron chi connectivity index (χ2n) is 5.34. The van der Waals surface area contributed by atoms with Crippen LogP contribution in [0.5, 0.6) is 0 Å². The molecule has 5 heteroatoms. The Morgan fingerprint density at radius 3 is 2.00 bits per heavy atom. The van der Waals surface area contributed by atoms with E-state index in [4.69, 9.17) is 0 Å². The number of rotatable bonds is 3. The van der Waals surface area contributed by atoms with Crippen molar-refractivity contribution in [3.8, 4) is 0 Å². The van der Waals surface area contributed by atoms with Crippen molar-refractivity contribution >= 4 is 17.7 Å². The Morgan fingerprint density at radius 2 is 1.42 bits per heavy atom. The Bertz CT molecular complexity index is 344. The molecule has 0 aliphatic carbocycles. The summed E-state index contributed by atoms with van der Waals surface area (Å²) in [4.78, 5) is 38.1. The van der Waals surface area contributed by atoms with Crippen LogP contribution in [0.3, 0.4) is 0 Å². The number of carbonyl (C=O) groups is 3. The first-order chi connectivity index (χ1) is 9.18. The van der Waals surface area contributed by atoms with E-state index in [9.17, 15) is 14.4 Å². The van der Waals surface area contributed by atoms with Crippen LogP contribution < -0.4 is 0 Å². The monoisotopic (exact) mass is 266 g/mol. The molecule has 19 heavy (non-hydrogen) atoms. The second-order valence-corrected chi connectivity index (χ2v) is 5.34. The van der Waals surface area contributed by atoms with Gasteiger partial charge in [0.1, 0.15) is 0 Å². The Labute approximate surface area is 113 Å². The normalized spacial score (nSPS) is 21.5. The van der Waals surface area contributed by atoms with Crippen LogP contribution in [0.1, 0.15) is 51.4 Å². The number of carbonyl (C=O) groups excluding carboxylic acids is 3. The Balaban J connectivity index is 1.79. The fourth-order valence-corrected chi connectivity index (χ4v) is 2.73. The SMILES string of the molecule is O=C(CCN1C(=O)CCC1=O)N1CCCCCCC1. The number of amides is 3. The van der Waals surface area contributed by atoms with Crippen molar-refractivity contribution in [2.45, 2.75) is 51.4 Å². The summed E-state index contributed by atoms with van der Waals surface area (Å²) in [6.07, 6.45) is 6.64. The van der Waals surface area contributed by atoms with Crippen LogP contribution in [0.4, 0.5) is 0 Å². The molecule has 0 N–H and O–H groups in total. The molecule has 0 aromatic carbocycles. The Hall–Kier alpha value is -1.39. The molecule has 0 saturated carbocycles. The van der Waals surface area contributed by atoms with E-state index >= 15 is 0 Å². The highest BCUT2D eigenvalue weighted by Crippen LogP contribution is 2.14. The smallest absolute Gasteiger partial charge is 0.229 e. The van der Waals surface area contributed by atoms with Gasteiger partial charge in [-0.15, -0.1) is 0 Å². The summed E-state index contributed by atoms with van der Waals surface area (Å²) < 4.78 is 0. The average Bonchev–Trinajstić information content (AvgIpc) is 2.66. The fourth-order valence-electron chi connectivity index (χ4n) is 2.73. The Morgan fingerprint density at radius 1 is 0.895 bits per heavy atom. The van der Waals surface area contributed by atoms with Crippen LogP contribution >= 0.6 is 0 Å². The standard InChI is InChI=1S/C14H22N2O3/c17-12(15-9-4-2-1-3-5-10-15)8-11-16-13(18)6-7-14(16)19/h1-11H2. The van der Waals surface area contributed by atoms with Gasteiger partial charge in [-0.2, -0.15) is 0 Å². The first-order valence-corrected chi connectivity index (χ1v) is 7.29. The van der Waals surface area contributed by atoms with Crippen LogP contribution in [0, 0.1) is 0 Å². The van der Waals surface area contributed by atoms with Gasteiger partial charge in [-0.05, 0) is 12.8 Å². The van der Waals surface area contributed by atoms with Crippen molar-refractivity contribution in [2.24, 2.45) is 0 Å². The molecule has 106 valence electrons. The van der Waals surface area contributed by atoms with Crippen LogP contribution in [0.25, 0.3) is 0 Å². The molecule has 5 nitrogen and oxygen atoms in total. The molecule has 0 bridgehead atoms. The van der Waals surface area contributed by atoms with Crippen molar-refractivity contribution < 1.29 is 14.4 Å². The average molecular weight is 266 g/mol. The molecule has 0 spiro atoms. The molecule has 0 unspecified atom stereocenters. The van der Waals surface area contributed by atoms with Gasteiger partial charge in [0.25, 0.3) is 0 Å². The highest BCUT2D eigenvalue weighted by Gasteiger charge is 2.29. The molecule has 2 heterocycles. The predicted molar refractivity (Wildman–Crippen MR) is 70.2 cm³/mol. The van der Waals surface area contributed by atoms with Crippen molar-refractivity contribution in [1.29, 1.82) is 0 Å². The first-order valence-electron chi connectivity index (χ1n) is 7.29. The lowest BCUT2D eigenvalue weighted by molar-refractivity contribution is -0.139. The van der Waals surface area contributed by atoms with Crippen molar-refractivity contribution in [1.82, 2.24) is 9.80 Å². The summed E-state index contributed by atoms with van der Waals surface area (Å²) >= 11 is 0. The van der Waals surface area contributed by atoms with Gasteiger partial charge in [0, 0.05) is 38.9 Å². The summed E-state index contributed by atoms with van der Waals surface area (Å²) in [7, 11) is 0. The van der Waals surface area contributed by atoms with Gasteiger partial charge in [-0.3, -0.25) is 19.3 Å². The zero-order valence-electron chi connectivity index (χ0n) is 11.4. The predicted octanol–water partition coefficient (Wildman–Crippen LogP) is 1.32. The zero-order chi connectivity index (χ0) is 13.7. The molecule has 0 radical (unpaired) electrons. The van der Waals surface area contributed by atoms with Gasteiger partial charge in [-0.1, -0.05) is 19.3 Å². The maximum absolute atomic E-state index is 12.1. The third-order valence-corrected chi connectivity index (χ3v) is 3.91. The third kappa shape index (κ3) is 3.78. The summed E-state index contributed by atoms with van der Waals surface area (Å²) in [5.74, 6) is -0.190. The minimum Gasteiger partial charge on any atom is -0.343 e. The molecule has 2 aliphatic heterocycles. The van der Waals surface area contributed by atoms with Gasteiger partial charge in [-0.25, -0.2) is 0 Å². The van der Waals surface area contributed by atoms with E-state index in [-0.39, 0.29) is 30.7 Å². The number of likely N-dealkylation sites (tertiary alicyclic amines) is 2. The lowest BCUT2D eigenvalue weighted by Gasteiger charge is -2.25. The van der Waals surface area contributed by atoms with Crippen LogP contribution in [0.15, 0.2) is 0 Å². The fraction of sp³-hybridized carbons (Fsp3) is 0.786. The summed E-state index contributed by atoms with van der Waals surface area (Å²) in [5, 5.41) is 0. The molecule has 2 rings (SSSR count). The lowest BCUT2D eigenvalue weighted by Crippen LogP contribution is -2.37. The van der Waals surface area contributed by atoms with Crippen molar-refractivity contribution in [3.05, 3.63) is 0 Å². The van der Waals surface area contributed by atoms with Gasteiger partial charge >= 0.3 is 0 Å². The van der Waals surface area contributed by atoms with E-state index in [2.05, 4.69) is 0 Å². The summed E-state index contributed by atoms with van der Waals surface area (Å²) in [6, 6.07) is 0.